The number of benzene rings is 1. The molecule has 2 aromatic rings. The third-order valence-corrected chi connectivity index (χ3v) is 2.71. The van der Waals surface area contributed by atoms with Crippen molar-refractivity contribution in [2.24, 2.45) is 0 Å². The van der Waals surface area contributed by atoms with Gasteiger partial charge in [-0.25, -0.2) is 0 Å². The molecule has 2 rings (SSSR count). The Hall–Kier alpha value is -2.76. The van der Waals surface area contributed by atoms with Crippen LogP contribution in [0.4, 0.5) is 0 Å². The highest BCUT2D eigenvalue weighted by Gasteiger charge is 2.13. The molecule has 1 heterocycles. The van der Waals surface area contributed by atoms with Crippen LogP contribution in [0.5, 0.6) is 5.75 Å². The lowest BCUT2D eigenvalue weighted by atomic mass is 10.3. The fourth-order valence-electron chi connectivity index (χ4n) is 1.70. The normalized spacial score (nSPS) is 10.0. The number of carbonyl (C=O) groups excluding carboxylic acids is 2. The van der Waals surface area contributed by atoms with E-state index in [0.29, 0.717) is 11.5 Å². The molecule has 22 heavy (non-hydrogen) atoms. The van der Waals surface area contributed by atoms with Crippen molar-refractivity contribution in [2.45, 2.75) is 13.5 Å². The van der Waals surface area contributed by atoms with E-state index >= 15 is 0 Å². The van der Waals surface area contributed by atoms with Crippen LogP contribution < -0.4 is 10.1 Å². The van der Waals surface area contributed by atoms with Crippen molar-refractivity contribution in [1.82, 2.24) is 5.32 Å². The summed E-state index contributed by atoms with van der Waals surface area (Å²) in [4.78, 5) is 22.9. The molecule has 1 aromatic heterocycles. The van der Waals surface area contributed by atoms with E-state index < -0.39 is 11.9 Å². The van der Waals surface area contributed by atoms with E-state index in [9.17, 15) is 9.59 Å². The zero-order valence-electron chi connectivity index (χ0n) is 12.2. The number of para-hydroxylation sites is 1. The summed E-state index contributed by atoms with van der Waals surface area (Å²) in [5.41, 5.74) is 0. The Balaban J connectivity index is 1.83. The standard InChI is InChI=1S/C16H17NO5/c1-2-20-15(18)10-17-16(19)14-9-8-13(22-14)11-21-12-6-4-3-5-7-12/h3-9H,2,10-11H2,1H3,(H,17,19). The van der Waals surface area contributed by atoms with Gasteiger partial charge in [0.2, 0.25) is 0 Å². The number of esters is 1. The second kappa shape index (κ2) is 7.87. The number of nitrogens with one attached hydrogen (secondary N) is 1. The summed E-state index contributed by atoms with van der Waals surface area (Å²) in [5, 5.41) is 2.42. The molecule has 0 fully saturated rings. The lowest BCUT2D eigenvalue weighted by molar-refractivity contribution is -0.141. The summed E-state index contributed by atoms with van der Waals surface area (Å²) in [6.45, 7) is 2.00. The predicted octanol–water partition coefficient (Wildman–Crippen LogP) is 2.15. The Morgan fingerprint density at radius 2 is 1.91 bits per heavy atom. The minimum Gasteiger partial charge on any atom is -0.486 e. The Morgan fingerprint density at radius 3 is 2.64 bits per heavy atom. The highest BCUT2D eigenvalue weighted by Crippen LogP contribution is 2.13. The molecule has 0 saturated heterocycles. The zero-order valence-corrected chi connectivity index (χ0v) is 12.2. The van der Waals surface area contributed by atoms with E-state index in [0.717, 1.165) is 0 Å². The van der Waals surface area contributed by atoms with Gasteiger partial charge in [-0.1, -0.05) is 18.2 Å². The molecule has 6 heteroatoms. The Kier molecular flexibility index (Phi) is 5.59. The van der Waals surface area contributed by atoms with Gasteiger partial charge in [-0.2, -0.15) is 0 Å². The first-order valence-electron chi connectivity index (χ1n) is 6.89. The summed E-state index contributed by atoms with van der Waals surface area (Å²) in [6.07, 6.45) is 0. The molecule has 0 saturated carbocycles. The number of ether oxygens (including phenoxy) is 2. The van der Waals surface area contributed by atoms with Crippen LogP contribution in [-0.4, -0.2) is 25.0 Å². The van der Waals surface area contributed by atoms with E-state index in [4.69, 9.17) is 13.9 Å². The van der Waals surface area contributed by atoms with Crippen LogP contribution in [0.15, 0.2) is 46.9 Å². The van der Waals surface area contributed by atoms with E-state index in [2.05, 4.69) is 5.32 Å². The van der Waals surface area contributed by atoms with E-state index in [1.165, 1.54) is 6.07 Å². The molecule has 1 N–H and O–H groups in total. The summed E-state index contributed by atoms with van der Waals surface area (Å²) < 4.78 is 15.6. The van der Waals surface area contributed by atoms with Crippen molar-refractivity contribution >= 4 is 11.9 Å². The molecule has 0 aliphatic rings. The van der Waals surface area contributed by atoms with E-state index in [1.54, 1.807) is 13.0 Å². The summed E-state index contributed by atoms with van der Waals surface area (Å²) in [7, 11) is 0. The van der Waals surface area contributed by atoms with Gasteiger partial charge in [0, 0.05) is 0 Å². The van der Waals surface area contributed by atoms with Gasteiger partial charge >= 0.3 is 5.97 Å². The molecule has 6 nitrogen and oxygen atoms in total. The first-order valence-corrected chi connectivity index (χ1v) is 6.89. The van der Waals surface area contributed by atoms with E-state index in [-0.39, 0.29) is 25.5 Å². The van der Waals surface area contributed by atoms with Crippen LogP contribution in [0.3, 0.4) is 0 Å². The smallest absolute Gasteiger partial charge is 0.325 e. The van der Waals surface area contributed by atoms with Gasteiger partial charge in [0.15, 0.2) is 5.76 Å². The Morgan fingerprint density at radius 1 is 1.14 bits per heavy atom. The maximum absolute atomic E-state index is 11.8. The van der Waals surface area contributed by atoms with Gasteiger partial charge in [0.25, 0.3) is 5.91 Å². The number of carbonyl (C=O) groups is 2. The second-order valence-electron chi connectivity index (χ2n) is 4.36. The van der Waals surface area contributed by atoms with Crippen molar-refractivity contribution in [3.8, 4) is 5.75 Å². The maximum atomic E-state index is 11.8. The van der Waals surface area contributed by atoms with Gasteiger partial charge in [-0.05, 0) is 31.2 Å². The fourth-order valence-corrected chi connectivity index (χ4v) is 1.70. The zero-order chi connectivity index (χ0) is 15.8. The number of furan rings is 1. The molecule has 0 spiro atoms. The fraction of sp³-hybridized carbons (Fsp3) is 0.250. The van der Waals surface area contributed by atoms with Crippen LogP contribution >= 0.6 is 0 Å². The summed E-state index contributed by atoms with van der Waals surface area (Å²) in [6, 6.07) is 12.5. The van der Waals surface area contributed by atoms with Gasteiger partial charge in [0.05, 0.1) is 6.61 Å². The lowest BCUT2D eigenvalue weighted by Crippen LogP contribution is -2.30. The molecular weight excluding hydrogens is 286 g/mol. The molecule has 0 unspecified atom stereocenters. The minimum absolute atomic E-state index is 0.121. The topological polar surface area (TPSA) is 77.8 Å². The second-order valence-corrected chi connectivity index (χ2v) is 4.36. The number of hydrogen-bond donors (Lipinski definition) is 1. The van der Waals surface area contributed by atoms with Gasteiger partial charge < -0.3 is 19.2 Å². The average Bonchev–Trinajstić information content (AvgIpc) is 3.01. The molecule has 0 atom stereocenters. The van der Waals surface area contributed by atoms with E-state index in [1.807, 2.05) is 30.3 Å². The molecule has 1 aromatic carbocycles. The molecule has 0 aliphatic carbocycles. The third kappa shape index (κ3) is 4.66. The first kappa shape index (κ1) is 15.6. The number of hydrogen-bond acceptors (Lipinski definition) is 5. The summed E-state index contributed by atoms with van der Waals surface area (Å²) in [5.74, 6) is 0.391. The third-order valence-electron chi connectivity index (χ3n) is 2.71. The van der Waals surface area contributed by atoms with Crippen LogP contribution in [0.1, 0.15) is 23.2 Å². The summed E-state index contributed by atoms with van der Waals surface area (Å²) >= 11 is 0. The van der Waals surface area contributed by atoms with Crippen LogP contribution in [0, 0.1) is 0 Å². The Labute approximate surface area is 128 Å². The van der Waals surface area contributed by atoms with Crippen LogP contribution in [0.2, 0.25) is 0 Å². The van der Waals surface area contributed by atoms with Gasteiger partial charge in [-0.15, -0.1) is 0 Å². The monoisotopic (exact) mass is 303 g/mol. The van der Waals surface area contributed by atoms with Crippen molar-refractivity contribution < 1.29 is 23.5 Å². The van der Waals surface area contributed by atoms with Crippen molar-refractivity contribution in [3.63, 3.8) is 0 Å². The van der Waals surface area contributed by atoms with Crippen molar-refractivity contribution in [3.05, 3.63) is 54.0 Å². The number of amides is 1. The van der Waals surface area contributed by atoms with Crippen LogP contribution in [0.25, 0.3) is 0 Å². The SMILES string of the molecule is CCOC(=O)CNC(=O)c1ccc(COc2ccccc2)o1. The van der Waals surface area contributed by atoms with Gasteiger partial charge in [0.1, 0.15) is 24.7 Å². The van der Waals surface area contributed by atoms with Crippen LogP contribution in [-0.2, 0) is 16.1 Å². The molecule has 0 radical (unpaired) electrons. The highest BCUT2D eigenvalue weighted by atomic mass is 16.5. The first-order chi connectivity index (χ1) is 10.7. The van der Waals surface area contributed by atoms with Crippen molar-refractivity contribution in [1.29, 1.82) is 0 Å². The largest absolute Gasteiger partial charge is 0.486 e. The van der Waals surface area contributed by atoms with Crippen molar-refractivity contribution in [2.75, 3.05) is 13.2 Å². The quantitative estimate of drug-likeness (QED) is 0.793. The molecule has 0 bridgehead atoms. The van der Waals surface area contributed by atoms with Gasteiger partial charge in [-0.3, -0.25) is 9.59 Å². The molecule has 116 valence electrons. The molecule has 0 aliphatic heterocycles. The molecular formula is C16H17NO5. The maximum Gasteiger partial charge on any atom is 0.325 e. The average molecular weight is 303 g/mol. The molecule has 1 amide bonds. The minimum atomic E-state index is -0.491. The number of rotatable bonds is 7. The predicted molar refractivity (Wildman–Crippen MR) is 78.4 cm³/mol. The lowest BCUT2D eigenvalue weighted by Gasteiger charge is -2.04. The Bertz CT molecular complexity index is 620. The highest BCUT2D eigenvalue weighted by molar-refractivity contribution is 5.93.